The summed E-state index contributed by atoms with van der Waals surface area (Å²) < 4.78 is 0. The highest BCUT2D eigenvalue weighted by atomic mass is 16.6. The van der Waals surface area contributed by atoms with Crippen molar-refractivity contribution in [2.75, 3.05) is 0 Å². The van der Waals surface area contributed by atoms with Crippen molar-refractivity contribution in [3.05, 3.63) is 46.1 Å². The third kappa shape index (κ3) is 2.77. The zero-order valence-corrected chi connectivity index (χ0v) is 12.0. The number of nitro benzene ring substituents is 1. The molecule has 0 fully saturated rings. The summed E-state index contributed by atoms with van der Waals surface area (Å²) >= 11 is 0. The fourth-order valence-corrected chi connectivity index (χ4v) is 2.11. The molecule has 2 aromatic rings. The minimum Gasteiger partial charge on any atom is -0.327 e. The minimum absolute atomic E-state index is 0.0994. The maximum Gasteiger partial charge on any atom is 0.281 e. The summed E-state index contributed by atoms with van der Waals surface area (Å²) in [5.41, 5.74) is 7.48. The predicted molar refractivity (Wildman–Crippen MR) is 79.5 cm³/mol. The second-order valence-corrected chi connectivity index (χ2v) is 6.08. The van der Waals surface area contributed by atoms with Crippen molar-refractivity contribution >= 4 is 16.6 Å². The molecule has 1 heterocycles. The van der Waals surface area contributed by atoms with E-state index in [1.54, 1.807) is 24.4 Å². The molecule has 1 aromatic carbocycles. The number of rotatable bonds is 3. The lowest BCUT2D eigenvalue weighted by molar-refractivity contribution is -0.383. The molecule has 0 aliphatic carbocycles. The van der Waals surface area contributed by atoms with Gasteiger partial charge < -0.3 is 5.73 Å². The van der Waals surface area contributed by atoms with Gasteiger partial charge in [-0.05, 0) is 36.1 Å². The van der Waals surface area contributed by atoms with Gasteiger partial charge in [0.05, 0.1) is 15.8 Å². The highest BCUT2D eigenvalue weighted by Gasteiger charge is 2.26. The van der Waals surface area contributed by atoms with E-state index in [0.717, 1.165) is 0 Å². The fourth-order valence-electron chi connectivity index (χ4n) is 2.11. The Bertz CT molecular complexity index is 647. The van der Waals surface area contributed by atoms with Crippen LogP contribution in [0, 0.1) is 15.5 Å². The van der Waals surface area contributed by atoms with E-state index in [4.69, 9.17) is 5.73 Å². The molecule has 2 rings (SSSR count). The molecule has 1 unspecified atom stereocenters. The molecule has 20 heavy (non-hydrogen) atoms. The smallest absolute Gasteiger partial charge is 0.281 e. The molecule has 0 aliphatic rings. The van der Waals surface area contributed by atoms with Crippen molar-refractivity contribution in [2.45, 2.75) is 33.2 Å². The number of hydrogen-bond acceptors (Lipinski definition) is 4. The molecule has 0 aliphatic heterocycles. The number of fused-ring (bicyclic) bond motifs is 1. The van der Waals surface area contributed by atoms with Crippen LogP contribution in [-0.4, -0.2) is 15.9 Å². The lowest BCUT2D eigenvalue weighted by atomic mass is 9.83. The van der Waals surface area contributed by atoms with E-state index in [1.807, 2.05) is 26.8 Å². The molecule has 0 spiro atoms. The number of nitro groups is 1. The van der Waals surface area contributed by atoms with Gasteiger partial charge in [-0.3, -0.25) is 15.1 Å². The Hall–Kier alpha value is -2.01. The highest BCUT2D eigenvalue weighted by molar-refractivity contribution is 5.89. The van der Waals surface area contributed by atoms with Crippen LogP contribution in [-0.2, 0) is 6.42 Å². The summed E-state index contributed by atoms with van der Waals surface area (Å²) in [7, 11) is 0. The molecule has 0 radical (unpaired) electrons. The Morgan fingerprint density at radius 2 is 2.05 bits per heavy atom. The van der Waals surface area contributed by atoms with Crippen LogP contribution in [0.4, 0.5) is 5.69 Å². The van der Waals surface area contributed by atoms with Crippen LogP contribution in [0.1, 0.15) is 26.3 Å². The predicted octanol–water partition coefficient (Wildman–Crippen LogP) is 3.06. The number of pyridine rings is 1. The molecule has 0 saturated heterocycles. The van der Waals surface area contributed by atoms with Crippen molar-refractivity contribution < 1.29 is 4.92 Å². The largest absolute Gasteiger partial charge is 0.327 e. The quantitative estimate of drug-likeness (QED) is 0.688. The van der Waals surface area contributed by atoms with Crippen molar-refractivity contribution in [3.8, 4) is 0 Å². The highest BCUT2D eigenvalue weighted by Crippen LogP contribution is 2.31. The van der Waals surface area contributed by atoms with Crippen LogP contribution in [0.3, 0.4) is 0 Å². The van der Waals surface area contributed by atoms with Gasteiger partial charge in [-0.2, -0.15) is 0 Å². The summed E-state index contributed by atoms with van der Waals surface area (Å²) in [6.45, 7) is 6.10. The standard InChI is InChI=1S/C15H19N3O2/c1-15(2,3)13(16)9-10-6-7-12-11(5-4-8-17-12)14(10)18(19)20/h4-8,13H,9,16H2,1-3H3. The second kappa shape index (κ2) is 5.17. The van der Waals surface area contributed by atoms with Crippen LogP contribution in [0.15, 0.2) is 30.5 Å². The molecule has 0 bridgehead atoms. The van der Waals surface area contributed by atoms with Crippen molar-refractivity contribution in [1.82, 2.24) is 4.98 Å². The normalized spacial score (nSPS) is 13.4. The van der Waals surface area contributed by atoms with Crippen molar-refractivity contribution in [3.63, 3.8) is 0 Å². The molecule has 5 nitrogen and oxygen atoms in total. The first-order chi connectivity index (χ1) is 9.30. The molecule has 5 heteroatoms. The van der Waals surface area contributed by atoms with E-state index in [2.05, 4.69) is 4.98 Å². The van der Waals surface area contributed by atoms with Crippen LogP contribution < -0.4 is 5.73 Å². The maximum absolute atomic E-state index is 11.4. The zero-order chi connectivity index (χ0) is 14.9. The number of benzene rings is 1. The summed E-state index contributed by atoms with van der Waals surface area (Å²) in [6, 6.07) is 6.87. The molecular formula is C15H19N3O2. The SMILES string of the molecule is CC(C)(C)C(N)Cc1ccc2ncccc2c1[N+](=O)[O-]. The molecule has 1 atom stereocenters. The summed E-state index contributed by atoms with van der Waals surface area (Å²) in [6.07, 6.45) is 2.11. The first-order valence-corrected chi connectivity index (χ1v) is 6.57. The van der Waals surface area contributed by atoms with Gasteiger partial charge in [-0.1, -0.05) is 20.8 Å². The average molecular weight is 273 g/mol. The van der Waals surface area contributed by atoms with E-state index in [9.17, 15) is 10.1 Å². The van der Waals surface area contributed by atoms with E-state index in [1.165, 1.54) is 0 Å². The Labute approximate surface area is 118 Å². The Balaban J connectivity index is 2.54. The van der Waals surface area contributed by atoms with Crippen LogP contribution in [0.5, 0.6) is 0 Å². The number of nitrogens with two attached hydrogens (primary N) is 1. The number of nitrogens with zero attached hydrogens (tertiary/aromatic N) is 2. The van der Waals surface area contributed by atoms with Gasteiger partial charge in [0, 0.05) is 17.8 Å². The third-order valence-corrected chi connectivity index (χ3v) is 3.57. The third-order valence-electron chi connectivity index (χ3n) is 3.57. The van der Waals surface area contributed by atoms with Gasteiger partial charge in [-0.25, -0.2) is 0 Å². The minimum atomic E-state index is -0.339. The fraction of sp³-hybridized carbons (Fsp3) is 0.400. The van der Waals surface area contributed by atoms with Gasteiger partial charge in [0.25, 0.3) is 5.69 Å². The molecule has 0 saturated carbocycles. The van der Waals surface area contributed by atoms with E-state index in [-0.39, 0.29) is 22.1 Å². The molecule has 0 amide bonds. The first kappa shape index (κ1) is 14.4. The first-order valence-electron chi connectivity index (χ1n) is 6.57. The molecule has 1 aromatic heterocycles. The average Bonchev–Trinajstić information content (AvgIpc) is 2.36. The molecule has 106 valence electrons. The van der Waals surface area contributed by atoms with Crippen LogP contribution >= 0.6 is 0 Å². The summed E-state index contributed by atoms with van der Waals surface area (Å²) in [5, 5.41) is 12.0. The van der Waals surface area contributed by atoms with Gasteiger partial charge in [0.2, 0.25) is 0 Å². The van der Waals surface area contributed by atoms with Crippen LogP contribution in [0.25, 0.3) is 10.9 Å². The van der Waals surface area contributed by atoms with Crippen molar-refractivity contribution in [1.29, 1.82) is 0 Å². The van der Waals surface area contributed by atoms with Crippen LogP contribution in [0.2, 0.25) is 0 Å². The van der Waals surface area contributed by atoms with E-state index in [0.29, 0.717) is 22.9 Å². The van der Waals surface area contributed by atoms with Gasteiger partial charge in [-0.15, -0.1) is 0 Å². The van der Waals surface area contributed by atoms with Gasteiger partial charge >= 0.3 is 0 Å². The molecule has 2 N–H and O–H groups in total. The number of aromatic nitrogens is 1. The second-order valence-electron chi connectivity index (χ2n) is 6.08. The van der Waals surface area contributed by atoms with Crippen molar-refractivity contribution in [2.24, 2.45) is 11.1 Å². The Kier molecular flexibility index (Phi) is 3.72. The molecular weight excluding hydrogens is 254 g/mol. The Morgan fingerprint density at radius 3 is 2.65 bits per heavy atom. The van der Waals surface area contributed by atoms with Gasteiger partial charge in [0.15, 0.2) is 0 Å². The van der Waals surface area contributed by atoms with Gasteiger partial charge in [0.1, 0.15) is 0 Å². The summed E-state index contributed by atoms with van der Waals surface area (Å²) in [4.78, 5) is 15.2. The van der Waals surface area contributed by atoms with E-state index >= 15 is 0 Å². The lowest BCUT2D eigenvalue weighted by Gasteiger charge is -2.27. The number of hydrogen-bond donors (Lipinski definition) is 1. The lowest BCUT2D eigenvalue weighted by Crippen LogP contribution is -2.37. The maximum atomic E-state index is 11.4. The topological polar surface area (TPSA) is 82.0 Å². The zero-order valence-electron chi connectivity index (χ0n) is 12.0. The monoisotopic (exact) mass is 273 g/mol. The van der Waals surface area contributed by atoms with E-state index < -0.39 is 0 Å². The summed E-state index contributed by atoms with van der Waals surface area (Å²) in [5.74, 6) is 0. The Morgan fingerprint density at radius 1 is 1.35 bits per heavy atom.